The minimum absolute atomic E-state index is 0.0619. The number of methoxy groups -OCH3 is 1. The van der Waals surface area contributed by atoms with Gasteiger partial charge in [-0.2, -0.15) is 0 Å². The van der Waals surface area contributed by atoms with E-state index in [1.165, 1.54) is 0 Å². The standard InChI is InChI=1S/C19H21NO3/c1-3-14-15-9-4-5-10-16(15)20-18(17(14)19(21)22)12-7-6-8-13(11-12)23-2/h3-6,8-12,14,17-18,20H,1,7H2,2H3,(H,21,22)/t12?,14-,17-,18-/m1/s1. The number of nitrogens with one attached hydrogen (secondary N) is 1. The summed E-state index contributed by atoms with van der Waals surface area (Å²) in [6.07, 6.45) is 8.52. The number of carbonyl (C=O) groups is 1. The lowest BCUT2D eigenvalue weighted by molar-refractivity contribution is -0.143. The molecule has 4 heteroatoms. The van der Waals surface area contributed by atoms with Gasteiger partial charge in [0, 0.05) is 23.6 Å². The van der Waals surface area contributed by atoms with Gasteiger partial charge in [0.2, 0.25) is 0 Å². The number of benzene rings is 1. The molecule has 1 unspecified atom stereocenters. The summed E-state index contributed by atoms with van der Waals surface area (Å²) >= 11 is 0. The molecule has 2 N–H and O–H groups in total. The van der Waals surface area contributed by atoms with Gasteiger partial charge in [-0.1, -0.05) is 30.4 Å². The number of anilines is 1. The normalized spacial score (nSPS) is 29.0. The number of carboxylic acid groups (broad SMARTS) is 1. The van der Waals surface area contributed by atoms with Crippen LogP contribution in [-0.4, -0.2) is 24.2 Å². The molecular weight excluding hydrogens is 290 g/mol. The van der Waals surface area contributed by atoms with Gasteiger partial charge in [-0.25, -0.2) is 0 Å². The number of para-hydroxylation sites is 1. The zero-order chi connectivity index (χ0) is 16.4. The van der Waals surface area contributed by atoms with E-state index < -0.39 is 11.9 Å². The summed E-state index contributed by atoms with van der Waals surface area (Å²) < 4.78 is 5.31. The van der Waals surface area contributed by atoms with E-state index in [4.69, 9.17) is 4.74 Å². The Morgan fingerprint density at radius 2 is 2.22 bits per heavy atom. The van der Waals surface area contributed by atoms with Crippen molar-refractivity contribution in [3.05, 3.63) is 66.5 Å². The average Bonchev–Trinajstić information content (AvgIpc) is 2.59. The maximum atomic E-state index is 12.0. The average molecular weight is 311 g/mol. The zero-order valence-corrected chi connectivity index (χ0v) is 13.1. The van der Waals surface area contributed by atoms with Gasteiger partial charge in [-0.3, -0.25) is 4.79 Å². The minimum Gasteiger partial charge on any atom is -0.497 e. The molecule has 1 aromatic carbocycles. The Morgan fingerprint density at radius 1 is 1.43 bits per heavy atom. The van der Waals surface area contributed by atoms with Crippen molar-refractivity contribution in [2.45, 2.75) is 18.4 Å². The monoisotopic (exact) mass is 311 g/mol. The quantitative estimate of drug-likeness (QED) is 0.835. The van der Waals surface area contributed by atoms with Crippen LogP contribution in [0.5, 0.6) is 0 Å². The Kier molecular flexibility index (Phi) is 4.24. The number of allylic oxidation sites excluding steroid dienone is 3. The van der Waals surface area contributed by atoms with E-state index in [9.17, 15) is 9.90 Å². The fourth-order valence-corrected chi connectivity index (χ4v) is 3.62. The van der Waals surface area contributed by atoms with Crippen molar-refractivity contribution in [1.29, 1.82) is 0 Å². The third-order valence-electron chi connectivity index (χ3n) is 4.72. The second-order valence-corrected chi connectivity index (χ2v) is 5.96. The van der Waals surface area contributed by atoms with Crippen molar-refractivity contribution in [2.75, 3.05) is 12.4 Å². The first-order valence-electron chi connectivity index (χ1n) is 7.79. The Hall–Kier alpha value is -2.49. The van der Waals surface area contributed by atoms with Crippen molar-refractivity contribution >= 4 is 11.7 Å². The van der Waals surface area contributed by atoms with Crippen molar-refractivity contribution in [1.82, 2.24) is 0 Å². The molecule has 3 rings (SSSR count). The molecule has 1 aromatic rings. The van der Waals surface area contributed by atoms with Gasteiger partial charge in [0.25, 0.3) is 0 Å². The van der Waals surface area contributed by atoms with E-state index in [1.807, 2.05) is 42.5 Å². The van der Waals surface area contributed by atoms with E-state index in [0.717, 1.165) is 23.4 Å². The van der Waals surface area contributed by atoms with Crippen molar-refractivity contribution in [3.8, 4) is 0 Å². The number of ether oxygens (including phenoxy) is 1. The molecule has 2 aliphatic rings. The molecule has 0 aromatic heterocycles. The van der Waals surface area contributed by atoms with Gasteiger partial charge < -0.3 is 15.2 Å². The highest BCUT2D eigenvalue weighted by atomic mass is 16.5. The molecular formula is C19H21NO3. The van der Waals surface area contributed by atoms with Gasteiger partial charge in [0.15, 0.2) is 0 Å². The van der Waals surface area contributed by atoms with Crippen LogP contribution in [0.4, 0.5) is 5.69 Å². The largest absolute Gasteiger partial charge is 0.497 e. The van der Waals surface area contributed by atoms with Gasteiger partial charge >= 0.3 is 5.97 Å². The van der Waals surface area contributed by atoms with E-state index in [0.29, 0.717) is 0 Å². The van der Waals surface area contributed by atoms with Crippen molar-refractivity contribution in [3.63, 3.8) is 0 Å². The Morgan fingerprint density at radius 3 is 2.91 bits per heavy atom. The van der Waals surface area contributed by atoms with Gasteiger partial charge in [0.1, 0.15) is 5.76 Å². The lowest BCUT2D eigenvalue weighted by atomic mass is 9.72. The molecule has 1 heterocycles. The fourth-order valence-electron chi connectivity index (χ4n) is 3.62. The second kappa shape index (κ2) is 6.32. The second-order valence-electron chi connectivity index (χ2n) is 5.96. The lowest BCUT2D eigenvalue weighted by Crippen LogP contribution is -2.46. The molecule has 0 saturated heterocycles. The van der Waals surface area contributed by atoms with Crippen LogP contribution in [0.2, 0.25) is 0 Å². The Bertz CT molecular complexity index is 677. The van der Waals surface area contributed by atoms with Crippen LogP contribution in [0.1, 0.15) is 17.9 Å². The summed E-state index contributed by atoms with van der Waals surface area (Å²) in [5, 5.41) is 13.3. The molecule has 0 saturated carbocycles. The predicted molar refractivity (Wildman–Crippen MR) is 90.3 cm³/mol. The molecule has 0 fully saturated rings. The van der Waals surface area contributed by atoms with E-state index in [-0.39, 0.29) is 17.9 Å². The first-order valence-corrected chi connectivity index (χ1v) is 7.79. The molecule has 4 nitrogen and oxygen atoms in total. The van der Waals surface area contributed by atoms with Crippen LogP contribution in [0, 0.1) is 11.8 Å². The fraction of sp³-hybridized carbons (Fsp3) is 0.316. The summed E-state index contributed by atoms with van der Waals surface area (Å²) in [6, 6.07) is 7.65. The minimum atomic E-state index is -0.802. The highest BCUT2D eigenvalue weighted by Gasteiger charge is 2.42. The van der Waals surface area contributed by atoms with Crippen LogP contribution in [-0.2, 0) is 9.53 Å². The first kappa shape index (κ1) is 15.4. The Labute approximate surface area is 136 Å². The summed E-state index contributed by atoms with van der Waals surface area (Å²) in [6.45, 7) is 3.88. The van der Waals surface area contributed by atoms with Crippen LogP contribution >= 0.6 is 0 Å². The Balaban J connectivity index is 2.02. The van der Waals surface area contributed by atoms with Gasteiger partial charge in [-0.15, -0.1) is 6.58 Å². The van der Waals surface area contributed by atoms with Crippen LogP contribution < -0.4 is 5.32 Å². The van der Waals surface area contributed by atoms with Crippen LogP contribution in [0.3, 0.4) is 0 Å². The third kappa shape index (κ3) is 2.77. The summed E-state index contributed by atoms with van der Waals surface area (Å²) in [7, 11) is 1.63. The molecule has 1 aliphatic heterocycles. The topological polar surface area (TPSA) is 58.6 Å². The predicted octanol–water partition coefficient (Wildman–Crippen LogP) is 3.56. The number of aliphatic carboxylic acids is 1. The summed E-state index contributed by atoms with van der Waals surface area (Å²) in [5.74, 6) is -0.731. The SMILES string of the molecule is C=C[C@@H]1c2ccccc2N[C@H](C2C=C(OC)C=CC2)[C@@H]1C(=O)O. The smallest absolute Gasteiger partial charge is 0.309 e. The molecule has 0 radical (unpaired) electrons. The number of rotatable bonds is 4. The maximum absolute atomic E-state index is 12.0. The summed E-state index contributed by atoms with van der Waals surface area (Å²) in [4.78, 5) is 12.0. The number of hydrogen-bond donors (Lipinski definition) is 2. The van der Waals surface area contributed by atoms with Crippen LogP contribution in [0.25, 0.3) is 0 Å². The molecule has 0 amide bonds. The van der Waals surface area contributed by atoms with Crippen molar-refractivity contribution < 1.29 is 14.6 Å². The zero-order valence-electron chi connectivity index (χ0n) is 13.1. The highest BCUT2D eigenvalue weighted by molar-refractivity contribution is 5.77. The third-order valence-corrected chi connectivity index (χ3v) is 4.72. The summed E-state index contributed by atoms with van der Waals surface area (Å²) in [5.41, 5.74) is 1.98. The maximum Gasteiger partial charge on any atom is 0.309 e. The molecule has 0 bridgehead atoms. The van der Waals surface area contributed by atoms with Crippen molar-refractivity contribution in [2.24, 2.45) is 11.8 Å². The van der Waals surface area contributed by atoms with E-state index in [2.05, 4.69) is 11.9 Å². The number of fused-ring (bicyclic) bond motifs is 1. The molecule has 120 valence electrons. The van der Waals surface area contributed by atoms with Gasteiger partial charge in [-0.05, 0) is 30.2 Å². The highest BCUT2D eigenvalue weighted by Crippen LogP contribution is 2.42. The van der Waals surface area contributed by atoms with Crippen LogP contribution in [0.15, 0.2) is 60.9 Å². The van der Waals surface area contributed by atoms with E-state index in [1.54, 1.807) is 13.2 Å². The van der Waals surface area contributed by atoms with Gasteiger partial charge in [0.05, 0.1) is 13.0 Å². The molecule has 23 heavy (non-hydrogen) atoms. The number of carboxylic acids is 1. The first-order chi connectivity index (χ1) is 11.2. The lowest BCUT2D eigenvalue weighted by Gasteiger charge is -2.40. The molecule has 0 spiro atoms. The molecule has 4 atom stereocenters. The molecule has 1 aliphatic carbocycles. The van der Waals surface area contributed by atoms with E-state index >= 15 is 0 Å². The number of hydrogen-bond acceptors (Lipinski definition) is 3.